The number of aromatic nitrogens is 2. The van der Waals surface area contributed by atoms with Gasteiger partial charge in [-0.25, -0.2) is 0 Å². The third kappa shape index (κ3) is 4.51. The van der Waals surface area contributed by atoms with Crippen LogP contribution in [-0.4, -0.2) is 23.2 Å². The summed E-state index contributed by atoms with van der Waals surface area (Å²) in [7, 11) is 2.07. The fraction of sp³-hybridized carbons (Fsp3) is 0.417. The number of benzene rings is 1. The molecule has 5 heteroatoms. The minimum Gasteiger partial charge on any atom is -0.367 e. The molecule has 2 aromatic heterocycles. The maximum absolute atomic E-state index is 5.61. The Morgan fingerprint density at radius 3 is 2.72 bits per heavy atom. The van der Waals surface area contributed by atoms with Crippen LogP contribution in [0.5, 0.6) is 0 Å². The predicted octanol–water partition coefficient (Wildman–Crippen LogP) is 4.45. The molecule has 2 heterocycles. The van der Waals surface area contributed by atoms with Crippen LogP contribution in [0.15, 0.2) is 65.4 Å². The second-order valence-corrected chi connectivity index (χ2v) is 8.73. The smallest absolute Gasteiger partial charge is 0.156 e. The molecule has 152 valence electrons. The van der Waals surface area contributed by atoms with E-state index in [1.165, 1.54) is 17.7 Å². The number of nitrogens with zero attached hydrogens (tertiary/aromatic N) is 3. The molecule has 3 aromatic rings. The summed E-state index contributed by atoms with van der Waals surface area (Å²) in [6.07, 6.45) is 5.88. The molecule has 4 rings (SSSR count). The largest absolute Gasteiger partial charge is 0.367 e. The van der Waals surface area contributed by atoms with Gasteiger partial charge in [-0.15, -0.1) is 0 Å². The lowest BCUT2D eigenvalue weighted by Gasteiger charge is -2.52. The molecule has 1 aliphatic rings. The predicted molar refractivity (Wildman–Crippen MR) is 116 cm³/mol. The Bertz CT molecular complexity index is 907. The van der Waals surface area contributed by atoms with E-state index < -0.39 is 0 Å². The van der Waals surface area contributed by atoms with Crippen molar-refractivity contribution in [2.45, 2.75) is 45.8 Å². The summed E-state index contributed by atoms with van der Waals surface area (Å²) in [6, 6.07) is 17.1. The van der Waals surface area contributed by atoms with Crippen LogP contribution in [0.25, 0.3) is 0 Å². The van der Waals surface area contributed by atoms with Gasteiger partial charge in [-0.1, -0.05) is 43.3 Å². The standard InChI is InChI=1S/C24H30N4O/c1-24(2)19(13-23(24)26-16-18-8-7-11-25-15-18)12-20-14-22(29-27-20)17-28(3)21-9-5-4-6-10-21/h4-11,14-15,19,23,26H,12-13,16-17H2,1-3H3. The molecule has 1 fully saturated rings. The van der Waals surface area contributed by atoms with Gasteiger partial charge in [0.1, 0.15) is 0 Å². The molecule has 2 atom stereocenters. The van der Waals surface area contributed by atoms with Crippen molar-refractivity contribution in [1.29, 1.82) is 0 Å². The first-order chi connectivity index (χ1) is 14.0. The summed E-state index contributed by atoms with van der Waals surface area (Å²) in [5.74, 6) is 1.52. The molecule has 0 bridgehead atoms. The van der Waals surface area contributed by atoms with E-state index in [9.17, 15) is 0 Å². The van der Waals surface area contributed by atoms with E-state index in [-0.39, 0.29) is 5.41 Å². The van der Waals surface area contributed by atoms with E-state index in [4.69, 9.17) is 4.52 Å². The second kappa shape index (κ2) is 8.37. The Kier molecular flexibility index (Phi) is 5.67. The number of hydrogen-bond donors (Lipinski definition) is 1. The van der Waals surface area contributed by atoms with Gasteiger partial charge in [0, 0.05) is 43.8 Å². The van der Waals surface area contributed by atoms with Crippen LogP contribution in [0.4, 0.5) is 5.69 Å². The minimum atomic E-state index is 0.238. The first kappa shape index (κ1) is 19.6. The summed E-state index contributed by atoms with van der Waals surface area (Å²) >= 11 is 0. The molecule has 5 nitrogen and oxygen atoms in total. The van der Waals surface area contributed by atoms with Crippen molar-refractivity contribution < 1.29 is 4.52 Å². The van der Waals surface area contributed by atoms with Crippen LogP contribution >= 0.6 is 0 Å². The number of anilines is 1. The Morgan fingerprint density at radius 1 is 1.17 bits per heavy atom. The highest BCUT2D eigenvalue weighted by Gasteiger charge is 2.47. The summed E-state index contributed by atoms with van der Waals surface area (Å²) < 4.78 is 5.61. The minimum absolute atomic E-state index is 0.238. The van der Waals surface area contributed by atoms with E-state index in [2.05, 4.69) is 77.7 Å². The van der Waals surface area contributed by atoms with Crippen LogP contribution in [-0.2, 0) is 19.5 Å². The van der Waals surface area contributed by atoms with Gasteiger partial charge in [0.15, 0.2) is 5.76 Å². The zero-order valence-corrected chi connectivity index (χ0v) is 17.5. The molecular formula is C24H30N4O. The van der Waals surface area contributed by atoms with Crippen molar-refractivity contribution in [3.63, 3.8) is 0 Å². The normalized spacial score (nSPS) is 20.2. The molecule has 0 spiro atoms. The van der Waals surface area contributed by atoms with Gasteiger partial charge in [-0.05, 0) is 47.9 Å². The van der Waals surface area contributed by atoms with E-state index in [1.54, 1.807) is 0 Å². The van der Waals surface area contributed by atoms with Gasteiger partial charge in [0.25, 0.3) is 0 Å². The lowest BCUT2D eigenvalue weighted by Crippen LogP contribution is -2.57. The number of para-hydroxylation sites is 1. The van der Waals surface area contributed by atoms with E-state index in [1.807, 2.05) is 24.5 Å². The second-order valence-electron chi connectivity index (χ2n) is 8.73. The molecule has 2 unspecified atom stereocenters. The monoisotopic (exact) mass is 390 g/mol. The molecule has 0 amide bonds. The molecule has 1 saturated carbocycles. The maximum Gasteiger partial charge on any atom is 0.156 e. The van der Waals surface area contributed by atoms with Gasteiger partial charge in [0.05, 0.1) is 12.2 Å². The summed E-state index contributed by atoms with van der Waals surface area (Å²) in [4.78, 5) is 6.37. The molecule has 1 N–H and O–H groups in total. The molecule has 29 heavy (non-hydrogen) atoms. The van der Waals surface area contributed by atoms with Crippen molar-refractivity contribution in [3.05, 3.63) is 77.9 Å². The third-order valence-electron chi connectivity index (χ3n) is 6.40. The van der Waals surface area contributed by atoms with Crippen LogP contribution in [0, 0.1) is 11.3 Å². The van der Waals surface area contributed by atoms with Gasteiger partial charge in [-0.2, -0.15) is 0 Å². The van der Waals surface area contributed by atoms with E-state index >= 15 is 0 Å². The third-order valence-corrected chi connectivity index (χ3v) is 6.40. The highest BCUT2D eigenvalue weighted by atomic mass is 16.5. The highest BCUT2D eigenvalue weighted by Crippen LogP contribution is 2.47. The fourth-order valence-corrected chi connectivity index (χ4v) is 4.24. The Hall–Kier alpha value is -2.66. The Morgan fingerprint density at radius 2 is 2.00 bits per heavy atom. The van der Waals surface area contributed by atoms with Crippen LogP contribution < -0.4 is 10.2 Å². The fourth-order valence-electron chi connectivity index (χ4n) is 4.24. The summed E-state index contributed by atoms with van der Waals surface area (Å²) in [5.41, 5.74) is 3.70. The summed E-state index contributed by atoms with van der Waals surface area (Å²) in [6.45, 7) is 6.30. The van der Waals surface area contributed by atoms with Crippen LogP contribution in [0.1, 0.15) is 37.3 Å². The van der Waals surface area contributed by atoms with Crippen LogP contribution in [0.2, 0.25) is 0 Å². The van der Waals surface area contributed by atoms with Gasteiger partial charge < -0.3 is 14.7 Å². The molecular weight excluding hydrogens is 360 g/mol. The maximum atomic E-state index is 5.61. The van der Waals surface area contributed by atoms with Gasteiger partial charge in [-0.3, -0.25) is 4.98 Å². The van der Waals surface area contributed by atoms with Crippen molar-refractivity contribution in [2.24, 2.45) is 11.3 Å². The number of hydrogen-bond acceptors (Lipinski definition) is 5. The molecule has 0 saturated heterocycles. The highest BCUT2D eigenvalue weighted by molar-refractivity contribution is 5.45. The molecule has 1 aromatic carbocycles. The zero-order chi connectivity index (χ0) is 20.3. The number of rotatable bonds is 8. The molecule has 0 radical (unpaired) electrons. The average molecular weight is 391 g/mol. The van der Waals surface area contributed by atoms with Gasteiger partial charge in [0.2, 0.25) is 0 Å². The lowest BCUT2D eigenvalue weighted by molar-refractivity contribution is 0.0125. The first-order valence-electron chi connectivity index (χ1n) is 10.4. The SMILES string of the molecule is CN(Cc1cc(CC2CC(NCc3cccnc3)C2(C)C)no1)c1ccccc1. The van der Waals surface area contributed by atoms with Gasteiger partial charge >= 0.3 is 0 Å². The Balaban J connectivity index is 1.29. The number of nitrogens with one attached hydrogen (secondary N) is 1. The quantitative estimate of drug-likeness (QED) is 0.616. The topological polar surface area (TPSA) is 54.2 Å². The average Bonchev–Trinajstić information content (AvgIpc) is 3.18. The first-order valence-corrected chi connectivity index (χ1v) is 10.4. The van der Waals surface area contributed by atoms with Crippen molar-refractivity contribution in [1.82, 2.24) is 15.5 Å². The van der Waals surface area contributed by atoms with E-state index in [0.717, 1.165) is 31.0 Å². The summed E-state index contributed by atoms with van der Waals surface area (Å²) in [5, 5.41) is 8.04. The zero-order valence-electron chi connectivity index (χ0n) is 17.5. The molecule has 0 aliphatic heterocycles. The van der Waals surface area contributed by atoms with Crippen molar-refractivity contribution in [3.8, 4) is 0 Å². The number of pyridine rings is 1. The van der Waals surface area contributed by atoms with E-state index in [0.29, 0.717) is 12.0 Å². The van der Waals surface area contributed by atoms with Crippen molar-refractivity contribution in [2.75, 3.05) is 11.9 Å². The Labute approximate surface area is 173 Å². The van der Waals surface area contributed by atoms with Crippen LogP contribution in [0.3, 0.4) is 0 Å². The molecule has 1 aliphatic carbocycles. The lowest BCUT2D eigenvalue weighted by atomic mass is 9.57. The van der Waals surface area contributed by atoms with Crippen molar-refractivity contribution >= 4 is 5.69 Å².